The lowest BCUT2D eigenvalue weighted by atomic mass is 10.2. The Labute approximate surface area is 173 Å². The number of amides is 2. The molecule has 0 aromatic heterocycles. The van der Waals surface area contributed by atoms with E-state index in [2.05, 4.69) is 16.2 Å². The Kier molecular flexibility index (Phi) is 7.26. The number of nitrogens with zero attached hydrogens (tertiary/aromatic N) is 2. The van der Waals surface area contributed by atoms with Crippen molar-refractivity contribution in [3.63, 3.8) is 0 Å². The highest BCUT2D eigenvalue weighted by Crippen LogP contribution is 2.25. The number of nitrogens with one attached hydrogen (secondary N) is 1. The topological polar surface area (TPSA) is 61.9 Å². The standard InChI is InChI=1S/C21H22FN3O3S/c1-2-20(26)23-18-7-9-19(10-8-18)29-25-13-11-24(12-14-25)21(27)28-15-16-3-5-17(22)6-4-16/h2-10H,1,11-15H2,(H,23,26). The predicted molar refractivity (Wildman–Crippen MR) is 111 cm³/mol. The Balaban J connectivity index is 1.41. The second-order valence-corrected chi connectivity index (χ2v) is 7.58. The van der Waals surface area contributed by atoms with Crippen molar-refractivity contribution in [2.45, 2.75) is 11.5 Å². The number of piperazine rings is 1. The Morgan fingerprint density at radius 2 is 1.72 bits per heavy atom. The van der Waals surface area contributed by atoms with Crippen LogP contribution in [0.1, 0.15) is 5.56 Å². The van der Waals surface area contributed by atoms with Gasteiger partial charge in [-0.15, -0.1) is 0 Å². The van der Waals surface area contributed by atoms with Crippen molar-refractivity contribution in [3.8, 4) is 0 Å². The summed E-state index contributed by atoms with van der Waals surface area (Å²) in [6.45, 7) is 6.13. The maximum atomic E-state index is 12.9. The van der Waals surface area contributed by atoms with Gasteiger partial charge in [0.15, 0.2) is 0 Å². The van der Waals surface area contributed by atoms with E-state index in [0.717, 1.165) is 10.5 Å². The van der Waals surface area contributed by atoms with Gasteiger partial charge in [0, 0.05) is 36.8 Å². The number of benzene rings is 2. The third-order valence-corrected chi connectivity index (χ3v) is 5.42. The van der Waals surface area contributed by atoms with Crippen LogP contribution in [0.5, 0.6) is 0 Å². The average Bonchev–Trinajstić information content (AvgIpc) is 2.75. The SMILES string of the molecule is C=CC(=O)Nc1ccc(SN2CCN(C(=O)OCc3ccc(F)cc3)CC2)cc1. The lowest BCUT2D eigenvalue weighted by Gasteiger charge is -2.33. The van der Waals surface area contributed by atoms with E-state index in [9.17, 15) is 14.0 Å². The van der Waals surface area contributed by atoms with Crippen LogP contribution in [0.2, 0.25) is 0 Å². The molecule has 2 amide bonds. The Bertz CT molecular complexity index is 850. The minimum atomic E-state index is -0.360. The fourth-order valence-electron chi connectivity index (χ4n) is 2.72. The van der Waals surface area contributed by atoms with Crippen molar-refractivity contribution in [2.75, 3.05) is 31.5 Å². The second kappa shape index (κ2) is 10.1. The molecule has 2 aromatic carbocycles. The van der Waals surface area contributed by atoms with E-state index >= 15 is 0 Å². The molecular weight excluding hydrogens is 393 g/mol. The van der Waals surface area contributed by atoms with Crippen molar-refractivity contribution >= 4 is 29.6 Å². The van der Waals surface area contributed by atoms with Gasteiger partial charge in [0.25, 0.3) is 0 Å². The maximum absolute atomic E-state index is 12.9. The van der Waals surface area contributed by atoms with Crippen LogP contribution in [0.4, 0.5) is 14.9 Å². The Morgan fingerprint density at radius 3 is 2.34 bits per heavy atom. The van der Waals surface area contributed by atoms with Gasteiger partial charge in [0.2, 0.25) is 5.91 Å². The van der Waals surface area contributed by atoms with Gasteiger partial charge in [-0.3, -0.25) is 4.79 Å². The number of carbonyl (C=O) groups excluding carboxylic acids is 2. The van der Waals surface area contributed by atoms with Crippen LogP contribution in [-0.2, 0) is 16.1 Å². The van der Waals surface area contributed by atoms with Crippen LogP contribution in [0.3, 0.4) is 0 Å². The van der Waals surface area contributed by atoms with E-state index in [1.807, 2.05) is 24.3 Å². The molecule has 152 valence electrons. The lowest BCUT2D eigenvalue weighted by molar-refractivity contribution is -0.111. The molecule has 1 saturated heterocycles. The normalized spacial score (nSPS) is 14.3. The highest BCUT2D eigenvalue weighted by Gasteiger charge is 2.22. The predicted octanol–water partition coefficient (Wildman–Crippen LogP) is 3.91. The lowest BCUT2D eigenvalue weighted by Crippen LogP contribution is -2.46. The summed E-state index contributed by atoms with van der Waals surface area (Å²) in [4.78, 5) is 26.3. The highest BCUT2D eigenvalue weighted by molar-refractivity contribution is 7.97. The molecule has 0 saturated carbocycles. The van der Waals surface area contributed by atoms with Crippen molar-refractivity contribution in [1.29, 1.82) is 0 Å². The average molecular weight is 415 g/mol. The fraction of sp³-hybridized carbons (Fsp3) is 0.238. The molecule has 1 aliphatic heterocycles. The molecule has 0 spiro atoms. The van der Waals surface area contributed by atoms with Gasteiger partial charge in [0.1, 0.15) is 12.4 Å². The maximum Gasteiger partial charge on any atom is 0.410 e. The van der Waals surface area contributed by atoms with Crippen LogP contribution in [0.15, 0.2) is 66.1 Å². The molecule has 0 aliphatic carbocycles. The van der Waals surface area contributed by atoms with Crippen molar-refractivity contribution in [2.24, 2.45) is 0 Å². The summed E-state index contributed by atoms with van der Waals surface area (Å²) in [5.74, 6) is -0.558. The summed E-state index contributed by atoms with van der Waals surface area (Å²) in [5, 5.41) is 2.71. The Hall–Kier alpha value is -2.84. The monoisotopic (exact) mass is 415 g/mol. The first-order valence-corrected chi connectivity index (χ1v) is 9.93. The van der Waals surface area contributed by atoms with Crippen LogP contribution in [-0.4, -0.2) is 47.4 Å². The van der Waals surface area contributed by atoms with Gasteiger partial charge in [-0.05, 0) is 60.0 Å². The fourth-order valence-corrected chi connectivity index (χ4v) is 3.62. The zero-order chi connectivity index (χ0) is 20.6. The van der Waals surface area contributed by atoms with Gasteiger partial charge in [0.05, 0.1) is 0 Å². The van der Waals surface area contributed by atoms with Crippen molar-refractivity contribution in [1.82, 2.24) is 9.21 Å². The van der Waals surface area contributed by atoms with E-state index < -0.39 is 0 Å². The molecular formula is C21H22FN3O3S. The molecule has 1 heterocycles. The number of ether oxygens (including phenoxy) is 1. The summed E-state index contributed by atoms with van der Waals surface area (Å²) in [6, 6.07) is 13.5. The highest BCUT2D eigenvalue weighted by atomic mass is 32.2. The largest absolute Gasteiger partial charge is 0.445 e. The van der Waals surface area contributed by atoms with Crippen LogP contribution < -0.4 is 5.32 Å². The van der Waals surface area contributed by atoms with Crippen LogP contribution in [0.25, 0.3) is 0 Å². The zero-order valence-electron chi connectivity index (χ0n) is 15.8. The molecule has 1 N–H and O–H groups in total. The molecule has 1 aliphatic rings. The van der Waals surface area contributed by atoms with Crippen molar-refractivity contribution in [3.05, 3.63) is 72.6 Å². The molecule has 8 heteroatoms. The molecule has 0 radical (unpaired) electrons. The van der Waals surface area contributed by atoms with Crippen molar-refractivity contribution < 1.29 is 18.7 Å². The summed E-state index contributed by atoms with van der Waals surface area (Å²) < 4.78 is 20.4. The molecule has 0 bridgehead atoms. The molecule has 2 aromatic rings. The number of carbonyl (C=O) groups is 2. The molecule has 0 unspecified atom stereocenters. The van der Waals surface area contributed by atoms with E-state index in [0.29, 0.717) is 31.9 Å². The number of halogens is 1. The number of hydrogen-bond acceptors (Lipinski definition) is 5. The van der Waals surface area contributed by atoms with Gasteiger partial charge in [-0.1, -0.05) is 18.7 Å². The third kappa shape index (κ3) is 6.33. The van der Waals surface area contributed by atoms with E-state index in [-0.39, 0.29) is 24.4 Å². The van der Waals surface area contributed by atoms with E-state index in [4.69, 9.17) is 4.74 Å². The molecule has 29 heavy (non-hydrogen) atoms. The number of hydrogen-bond donors (Lipinski definition) is 1. The molecule has 0 atom stereocenters. The van der Waals surface area contributed by atoms with Gasteiger partial charge in [-0.25, -0.2) is 13.5 Å². The molecule has 3 rings (SSSR count). The first-order valence-electron chi connectivity index (χ1n) is 9.16. The second-order valence-electron chi connectivity index (χ2n) is 6.41. The Morgan fingerprint density at radius 1 is 1.07 bits per heavy atom. The minimum Gasteiger partial charge on any atom is -0.445 e. The van der Waals surface area contributed by atoms with E-state index in [1.54, 1.807) is 29.0 Å². The number of anilines is 1. The molecule has 6 nitrogen and oxygen atoms in total. The summed E-state index contributed by atoms with van der Waals surface area (Å²) in [6.07, 6.45) is 0.869. The quantitative estimate of drug-likeness (QED) is 0.573. The first-order chi connectivity index (χ1) is 14.0. The molecule has 1 fully saturated rings. The third-order valence-electron chi connectivity index (χ3n) is 4.31. The summed E-state index contributed by atoms with van der Waals surface area (Å²) >= 11 is 1.61. The zero-order valence-corrected chi connectivity index (χ0v) is 16.7. The number of rotatable bonds is 6. The smallest absolute Gasteiger partial charge is 0.410 e. The first kappa shape index (κ1) is 20.9. The van der Waals surface area contributed by atoms with Crippen LogP contribution >= 0.6 is 11.9 Å². The van der Waals surface area contributed by atoms with Gasteiger partial charge < -0.3 is 15.0 Å². The van der Waals surface area contributed by atoms with Gasteiger partial charge >= 0.3 is 6.09 Å². The van der Waals surface area contributed by atoms with Gasteiger partial charge in [-0.2, -0.15) is 0 Å². The minimum absolute atomic E-state index is 0.128. The summed E-state index contributed by atoms with van der Waals surface area (Å²) in [5.41, 5.74) is 1.47. The summed E-state index contributed by atoms with van der Waals surface area (Å²) in [7, 11) is 0. The van der Waals surface area contributed by atoms with E-state index in [1.165, 1.54) is 18.2 Å². The van der Waals surface area contributed by atoms with Crippen LogP contribution in [0, 0.1) is 5.82 Å².